The average Bonchev–Trinajstić information content (AvgIpc) is 2.53. The molecule has 5 heteroatoms. The Bertz CT molecular complexity index is 546. The van der Waals surface area contributed by atoms with Gasteiger partial charge in [0.15, 0.2) is 0 Å². The second-order valence-electron chi connectivity index (χ2n) is 4.88. The van der Waals surface area contributed by atoms with Crippen molar-refractivity contribution in [3.8, 4) is 5.75 Å². The predicted molar refractivity (Wildman–Crippen MR) is 80.8 cm³/mol. The van der Waals surface area contributed by atoms with Crippen LogP contribution in [0, 0.1) is 0 Å². The molecular weight excluding hydrogens is 288 g/mol. The molecule has 2 N–H and O–H groups in total. The molecule has 0 bridgehead atoms. The van der Waals surface area contributed by atoms with Crippen LogP contribution in [-0.2, 0) is 6.54 Å². The minimum Gasteiger partial charge on any atom is -0.435 e. The standard InChI is InChI=1S/C17H19F2NO2/c18-17(19)22-15-8-6-13(7-9-15)12-20-16(10-11-21)14-4-2-1-3-5-14/h1-9,16-17,20-21H,10-12H2/t16-/m1/s1. The first-order chi connectivity index (χ1) is 10.7. The van der Waals surface area contributed by atoms with E-state index in [1.165, 1.54) is 12.1 Å². The number of aliphatic hydroxyl groups is 1. The monoisotopic (exact) mass is 307 g/mol. The van der Waals surface area contributed by atoms with E-state index in [-0.39, 0.29) is 18.4 Å². The second-order valence-corrected chi connectivity index (χ2v) is 4.88. The summed E-state index contributed by atoms with van der Waals surface area (Å²) in [6, 6.07) is 16.4. The Labute approximate surface area is 128 Å². The van der Waals surface area contributed by atoms with Gasteiger partial charge in [0.05, 0.1) is 0 Å². The Morgan fingerprint density at radius 1 is 1.00 bits per heavy atom. The number of hydrogen-bond donors (Lipinski definition) is 2. The Morgan fingerprint density at radius 2 is 1.68 bits per heavy atom. The number of aliphatic hydroxyl groups excluding tert-OH is 1. The van der Waals surface area contributed by atoms with Crippen LogP contribution in [0.2, 0.25) is 0 Å². The fraction of sp³-hybridized carbons (Fsp3) is 0.294. The molecule has 3 nitrogen and oxygen atoms in total. The molecule has 0 aliphatic carbocycles. The van der Waals surface area contributed by atoms with Gasteiger partial charge < -0.3 is 15.2 Å². The van der Waals surface area contributed by atoms with E-state index in [2.05, 4.69) is 10.1 Å². The highest BCUT2D eigenvalue weighted by atomic mass is 19.3. The third-order valence-corrected chi connectivity index (χ3v) is 3.32. The van der Waals surface area contributed by atoms with E-state index in [1.54, 1.807) is 12.1 Å². The molecule has 0 saturated carbocycles. The Hall–Kier alpha value is -1.98. The van der Waals surface area contributed by atoms with Gasteiger partial charge in [-0.3, -0.25) is 0 Å². The quantitative estimate of drug-likeness (QED) is 0.784. The number of nitrogens with one attached hydrogen (secondary N) is 1. The second kappa shape index (κ2) is 8.46. The first kappa shape index (κ1) is 16.4. The fourth-order valence-corrected chi connectivity index (χ4v) is 2.23. The van der Waals surface area contributed by atoms with Crippen LogP contribution in [0.1, 0.15) is 23.6 Å². The molecule has 0 saturated heterocycles. The summed E-state index contributed by atoms with van der Waals surface area (Å²) in [5.41, 5.74) is 2.06. The lowest BCUT2D eigenvalue weighted by molar-refractivity contribution is -0.0498. The number of alkyl halides is 2. The number of ether oxygens (including phenoxy) is 1. The lowest BCUT2D eigenvalue weighted by Gasteiger charge is -2.18. The topological polar surface area (TPSA) is 41.5 Å². The molecule has 0 unspecified atom stereocenters. The molecule has 0 aromatic heterocycles. The molecule has 2 rings (SSSR count). The van der Waals surface area contributed by atoms with Gasteiger partial charge in [-0.15, -0.1) is 0 Å². The smallest absolute Gasteiger partial charge is 0.387 e. The Balaban J connectivity index is 1.94. The van der Waals surface area contributed by atoms with Crippen molar-refractivity contribution >= 4 is 0 Å². The predicted octanol–water partition coefficient (Wildman–Crippen LogP) is 3.50. The van der Waals surface area contributed by atoms with E-state index in [0.717, 1.165) is 11.1 Å². The molecule has 2 aromatic rings. The summed E-state index contributed by atoms with van der Waals surface area (Å²) in [6.45, 7) is -2.14. The largest absolute Gasteiger partial charge is 0.435 e. The van der Waals surface area contributed by atoms with Gasteiger partial charge in [0, 0.05) is 19.2 Å². The van der Waals surface area contributed by atoms with Crippen molar-refractivity contribution in [2.45, 2.75) is 25.6 Å². The maximum absolute atomic E-state index is 12.1. The van der Waals surface area contributed by atoms with E-state index in [9.17, 15) is 13.9 Å². The molecular formula is C17H19F2NO2. The van der Waals surface area contributed by atoms with Crippen molar-refractivity contribution in [2.75, 3.05) is 6.61 Å². The number of rotatable bonds is 8. The fourth-order valence-electron chi connectivity index (χ4n) is 2.23. The lowest BCUT2D eigenvalue weighted by atomic mass is 10.0. The molecule has 0 heterocycles. The van der Waals surface area contributed by atoms with Crippen molar-refractivity contribution in [3.05, 3.63) is 65.7 Å². The van der Waals surface area contributed by atoms with Crippen LogP contribution in [-0.4, -0.2) is 18.3 Å². The van der Waals surface area contributed by atoms with Crippen molar-refractivity contribution in [1.29, 1.82) is 0 Å². The molecule has 0 fully saturated rings. The highest BCUT2D eigenvalue weighted by Crippen LogP contribution is 2.18. The average molecular weight is 307 g/mol. The Kier molecular flexibility index (Phi) is 6.30. The Morgan fingerprint density at radius 3 is 2.27 bits per heavy atom. The van der Waals surface area contributed by atoms with Crippen molar-refractivity contribution in [3.63, 3.8) is 0 Å². The van der Waals surface area contributed by atoms with Crippen LogP contribution in [0.25, 0.3) is 0 Å². The minimum absolute atomic E-state index is 0.0446. The van der Waals surface area contributed by atoms with Crippen LogP contribution < -0.4 is 10.1 Å². The van der Waals surface area contributed by atoms with Gasteiger partial charge in [0.2, 0.25) is 0 Å². The third-order valence-electron chi connectivity index (χ3n) is 3.32. The zero-order valence-corrected chi connectivity index (χ0v) is 12.1. The summed E-state index contributed by atoms with van der Waals surface area (Å²) in [6.07, 6.45) is 0.608. The zero-order chi connectivity index (χ0) is 15.8. The highest BCUT2D eigenvalue weighted by Gasteiger charge is 2.10. The lowest BCUT2D eigenvalue weighted by Crippen LogP contribution is -2.22. The van der Waals surface area contributed by atoms with Gasteiger partial charge >= 0.3 is 6.61 Å². The summed E-state index contributed by atoms with van der Waals surface area (Å²) >= 11 is 0. The maximum Gasteiger partial charge on any atom is 0.387 e. The minimum atomic E-state index is -2.81. The maximum atomic E-state index is 12.1. The third kappa shape index (κ3) is 5.09. The molecule has 0 radical (unpaired) electrons. The molecule has 0 aliphatic heterocycles. The molecule has 0 amide bonds. The van der Waals surface area contributed by atoms with E-state index in [4.69, 9.17) is 0 Å². The zero-order valence-electron chi connectivity index (χ0n) is 12.1. The van der Waals surface area contributed by atoms with Gasteiger partial charge in [-0.05, 0) is 29.7 Å². The first-order valence-corrected chi connectivity index (χ1v) is 7.12. The van der Waals surface area contributed by atoms with E-state index in [1.807, 2.05) is 30.3 Å². The van der Waals surface area contributed by atoms with E-state index < -0.39 is 6.61 Å². The molecule has 118 valence electrons. The summed E-state index contributed by atoms with van der Waals surface area (Å²) in [5, 5.41) is 12.6. The van der Waals surface area contributed by atoms with Crippen molar-refractivity contribution in [1.82, 2.24) is 5.32 Å². The van der Waals surface area contributed by atoms with Crippen LogP contribution in [0.15, 0.2) is 54.6 Å². The first-order valence-electron chi connectivity index (χ1n) is 7.12. The van der Waals surface area contributed by atoms with Gasteiger partial charge in [-0.2, -0.15) is 8.78 Å². The van der Waals surface area contributed by atoms with Crippen molar-refractivity contribution in [2.24, 2.45) is 0 Å². The normalized spacial score (nSPS) is 12.4. The molecule has 1 atom stereocenters. The van der Waals surface area contributed by atoms with E-state index >= 15 is 0 Å². The SMILES string of the molecule is OCC[C@@H](NCc1ccc(OC(F)F)cc1)c1ccccc1. The number of benzene rings is 2. The van der Waals surface area contributed by atoms with Gasteiger partial charge in [0.25, 0.3) is 0 Å². The molecule has 2 aromatic carbocycles. The highest BCUT2D eigenvalue weighted by molar-refractivity contribution is 5.27. The molecule has 0 spiro atoms. The number of halogens is 2. The summed E-state index contributed by atoms with van der Waals surface area (Å²) in [7, 11) is 0. The number of hydrogen-bond acceptors (Lipinski definition) is 3. The van der Waals surface area contributed by atoms with Crippen molar-refractivity contribution < 1.29 is 18.6 Å². The summed E-state index contributed by atoms with van der Waals surface area (Å²) in [5.74, 6) is 0.147. The van der Waals surface area contributed by atoms with Gasteiger partial charge in [-0.1, -0.05) is 42.5 Å². The molecule has 0 aliphatic rings. The van der Waals surface area contributed by atoms with Crippen LogP contribution in [0.5, 0.6) is 5.75 Å². The van der Waals surface area contributed by atoms with Crippen LogP contribution in [0.4, 0.5) is 8.78 Å². The summed E-state index contributed by atoms with van der Waals surface area (Å²) in [4.78, 5) is 0. The van der Waals surface area contributed by atoms with Crippen LogP contribution in [0.3, 0.4) is 0 Å². The van der Waals surface area contributed by atoms with Gasteiger partial charge in [-0.25, -0.2) is 0 Å². The van der Waals surface area contributed by atoms with Crippen LogP contribution >= 0.6 is 0 Å². The summed E-state index contributed by atoms with van der Waals surface area (Å²) < 4.78 is 28.5. The van der Waals surface area contributed by atoms with Gasteiger partial charge in [0.1, 0.15) is 5.75 Å². The molecule has 22 heavy (non-hydrogen) atoms. The van der Waals surface area contributed by atoms with E-state index in [0.29, 0.717) is 13.0 Å².